The van der Waals surface area contributed by atoms with Gasteiger partial charge in [0.15, 0.2) is 0 Å². The van der Waals surface area contributed by atoms with E-state index < -0.39 is 9.84 Å². The van der Waals surface area contributed by atoms with Gasteiger partial charge in [0.25, 0.3) is 5.56 Å². The van der Waals surface area contributed by atoms with Crippen molar-refractivity contribution in [1.29, 1.82) is 0 Å². The molecule has 0 saturated heterocycles. The molecule has 8 heteroatoms. The van der Waals surface area contributed by atoms with Crippen LogP contribution in [0.2, 0.25) is 5.02 Å². The molecule has 1 aliphatic carbocycles. The number of aromatic nitrogens is 2. The molecule has 1 saturated carbocycles. The predicted molar refractivity (Wildman–Crippen MR) is 79.0 cm³/mol. The van der Waals surface area contributed by atoms with Crippen molar-refractivity contribution in [3.05, 3.63) is 21.6 Å². The molecule has 0 aliphatic heterocycles. The van der Waals surface area contributed by atoms with E-state index >= 15 is 0 Å². The Morgan fingerprint density at radius 1 is 1.45 bits per heavy atom. The van der Waals surface area contributed by atoms with E-state index in [1.165, 1.54) is 19.5 Å². The zero-order valence-corrected chi connectivity index (χ0v) is 13.0. The summed E-state index contributed by atoms with van der Waals surface area (Å²) in [6.07, 6.45) is 5.69. The molecule has 1 aromatic heterocycles. The number of anilines is 1. The molecule has 1 N–H and O–H groups in total. The first kappa shape index (κ1) is 15.3. The van der Waals surface area contributed by atoms with E-state index in [1.54, 1.807) is 0 Å². The molecular formula is C12H18ClN3O3S. The lowest BCUT2D eigenvalue weighted by Gasteiger charge is -2.29. The fourth-order valence-corrected chi connectivity index (χ4v) is 3.90. The second kappa shape index (κ2) is 5.73. The molecule has 20 heavy (non-hydrogen) atoms. The van der Waals surface area contributed by atoms with Gasteiger partial charge in [0, 0.05) is 19.3 Å². The molecule has 0 bridgehead atoms. The number of nitrogens with one attached hydrogen (secondary N) is 1. The smallest absolute Gasteiger partial charge is 0.287 e. The first-order valence-electron chi connectivity index (χ1n) is 6.46. The maximum atomic E-state index is 11.7. The number of rotatable bonds is 3. The van der Waals surface area contributed by atoms with Crippen molar-refractivity contribution < 1.29 is 8.42 Å². The van der Waals surface area contributed by atoms with Gasteiger partial charge < -0.3 is 5.32 Å². The third kappa shape index (κ3) is 3.32. The first-order chi connectivity index (χ1) is 9.29. The minimum atomic E-state index is -3.03. The number of halogens is 1. The second-order valence-electron chi connectivity index (χ2n) is 5.26. The summed E-state index contributed by atoms with van der Waals surface area (Å²) in [5.74, 6) is 0. The summed E-state index contributed by atoms with van der Waals surface area (Å²) in [4.78, 5) is 11.7. The fourth-order valence-electron chi connectivity index (χ4n) is 2.50. The monoisotopic (exact) mass is 319 g/mol. The van der Waals surface area contributed by atoms with Gasteiger partial charge >= 0.3 is 0 Å². The standard InChI is InChI=1S/C12H18ClN3O3S/c1-16-12(17)11(13)10(7-14-16)15-8-4-3-5-9(6-8)20(2,18)19/h7-9,15H,3-6H2,1-2H3. The number of hydrogen-bond donors (Lipinski definition) is 1. The lowest BCUT2D eigenvalue weighted by molar-refractivity contribution is 0.452. The third-order valence-corrected chi connectivity index (χ3v) is 5.67. The summed E-state index contributed by atoms with van der Waals surface area (Å²) in [7, 11) is -1.50. The van der Waals surface area contributed by atoms with Crippen molar-refractivity contribution in [2.45, 2.75) is 37.0 Å². The van der Waals surface area contributed by atoms with Crippen molar-refractivity contribution in [2.24, 2.45) is 7.05 Å². The van der Waals surface area contributed by atoms with Crippen LogP contribution in [0.5, 0.6) is 0 Å². The normalized spacial score (nSPS) is 23.6. The zero-order chi connectivity index (χ0) is 14.9. The van der Waals surface area contributed by atoms with Crippen molar-refractivity contribution in [1.82, 2.24) is 9.78 Å². The topological polar surface area (TPSA) is 81.1 Å². The summed E-state index contributed by atoms with van der Waals surface area (Å²) in [6.45, 7) is 0. The average molecular weight is 320 g/mol. The van der Waals surface area contributed by atoms with Crippen molar-refractivity contribution in [3.63, 3.8) is 0 Å². The molecule has 2 unspecified atom stereocenters. The third-order valence-electron chi connectivity index (χ3n) is 3.67. The summed E-state index contributed by atoms with van der Waals surface area (Å²) < 4.78 is 24.4. The minimum absolute atomic E-state index is 0.00474. The molecule has 0 amide bonds. The quantitative estimate of drug-likeness (QED) is 0.905. The van der Waals surface area contributed by atoms with Gasteiger partial charge in [-0.3, -0.25) is 4.79 Å². The van der Waals surface area contributed by atoms with E-state index in [0.717, 1.165) is 17.5 Å². The van der Waals surface area contributed by atoms with Gasteiger partial charge in [-0.15, -0.1) is 0 Å². The van der Waals surface area contributed by atoms with Crippen LogP contribution in [-0.4, -0.2) is 35.7 Å². The largest absolute Gasteiger partial charge is 0.380 e. The SMILES string of the molecule is Cn1ncc(NC2CCCC(S(C)(=O)=O)C2)c(Cl)c1=O. The van der Waals surface area contributed by atoms with Crippen LogP contribution in [0, 0.1) is 0 Å². The minimum Gasteiger partial charge on any atom is -0.380 e. The molecular weight excluding hydrogens is 302 g/mol. The van der Waals surface area contributed by atoms with Gasteiger partial charge in [-0.1, -0.05) is 18.0 Å². The molecule has 112 valence electrons. The van der Waals surface area contributed by atoms with Crippen molar-refractivity contribution in [2.75, 3.05) is 11.6 Å². The number of aryl methyl sites for hydroxylation is 1. The van der Waals surface area contributed by atoms with E-state index in [1.807, 2.05) is 0 Å². The van der Waals surface area contributed by atoms with E-state index in [0.29, 0.717) is 18.5 Å². The van der Waals surface area contributed by atoms with Crippen LogP contribution in [0.4, 0.5) is 5.69 Å². The Morgan fingerprint density at radius 2 is 2.15 bits per heavy atom. The average Bonchev–Trinajstić information content (AvgIpc) is 2.39. The highest BCUT2D eigenvalue weighted by molar-refractivity contribution is 7.91. The first-order valence-corrected chi connectivity index (χ1v) is 8.79. The Balaban J connectivity index is 2.15. The van der Waals surface area contributed by atoms with Crippen LogP contribution < -0.4 is 10.9 Å². The molecule has 2 rings (SSSR count). The van der Waals surface area contributed by atoms with Gasteiger partial charge in [-0.05, 0) is 19.3 Å². The van der Waals surface area contributed by atoms with Crippen LogP contribution in [-0.2, 0) is 16.9 Å². The number of nitrogens with zero attached hydrogens (tertiary/aromatic N) is 2. The molecule has 2 atom stereocenters. The Morgan fingerprint density at radius 3 is 2.80 bits per heavy atom. The summed E-state index contributed by atoms with van der Waals surface area (Å²) in [6, 6.07) is -0.00474. The Hall–Kier alpha value is -1.08. The summed E-state index contributed by atoms with van der Waals surface area (Å²) in [5.41, 5.74) is 0.0982. The summed E-state index contributed by atoms with van der Waals surface area (Å²) >= 11 is 5.99. The van der Waals surface area contributed by atoms with Gasteiger partial charge in [0.05, 0.1) is 17.1 Å². The van der Waals surface area contributed by atoms with E-state index in [-0.39, 0.29) is 21.9 Å². The highest BCUT2D eigenvalue weighted by atomic mass is 35.5. The predicted octanol–water partition coefficient (Wildman–Crippen LogP) is 1.20. The number of sulfone groups is 1. The van der Waals surface area contributed by atoms with Crippen LogP contribution in [0.15, 0.2) is 11.0 Å². The Kier molecular flexibility index (Phi) is 4.39. The second-order valence-corrected chi connectivity index (χ2v) is 7.96. The van der Waals surface area contributed by atoms with Crippen molar-refractivity contribution >= 4 is 27.1 Å². The van der Waals surface area contributed by atoms with Crippen LogP contribution in [0.3, 0.4) is 0 Å². The fraction of sp³-hybridized carbons (Fsp3) is 0.667. The maximum Gasteiger partial charge on any atom is 0.287 e. The van der Waals surface area contributed by atoms with Crippen LogP contribution in [0.25, 0.3) is 0 Å². The molecule has 0 radical (unpaired) electrons. The van der Waals surface area contributed by atoms with Crippen molar-refractivity contribution in [3.8, 4) is 0 Å². The van der Waals surface area contributed by atoms with E-state index in [4.69, 9.17) is 11.6 Å². The van der Waals surface area contributed by atoms with E-state index in [2.05, 4.69) is 10.4 Å². The van der Waals surface area contributed by atoms with Gasteiger partial charge in [0.1, 0.15) is 14.9 Å². The maximum absolute atomic E-state index is 11.7. The van der Waals surface area contributed by atoms with Gasteiger partial charge in [-0.2, -0.15) is 5.10 Å². The zero-order valence-electron chi connectivity index (χ0n) is 11.5. The highest BCUT2D eigenvalue weighted by Gasteiger charge is 2.29. The molecule has 0 spiro atoms. The molecule has 6 nitrogen and oxygen atoms in total. The highest BCUT2D eigenvalue weighted by Crippen LogP contribution is 2.27. The molecule has 0 aromatic carbocycles. The molecule has 1 aliphatic rings. The van der Waals surface area contributed by atoms with Gasteiger partial charge in [0.2, 0.25) is 0 Å². The van der Waals surface area contributed by atoms with E-state index in [9.17, 15) is 13.2 Å². The van der Waals surface area contributed by atoms with Gasteiger partial charge in [-0.25, -0.2) is 13.1 Å². The summed E-state index contributed by atoms with van der Waals surface area (Å²) in [5, 5.41) is 6.82. The Bertz CT molecular complexity index is 656. The van der Waals surface area contributed by atoms with Crippen LogP contribution in [0.1, 0.15) is 25.7 Å². The lowest BCUT2D eigenvalue weighted by Crippen LogP contribution is -2.35. The molecule has 1 heterocycles. The Labute approximate surface area is 123 Å². The molecule has 1 fully saturated rings. The number of hydrogen-bond acceptors (Lipinski definition) is 5. The van der Waals surface area contributed by atoms with Crippen LogP contribution >= 0.6 is 11.6 Å². The lowest BCUT2D eigenvalue weighted by atomic mass is 9.95. The molecule has 1 aromatic rings.